The highest BCUT2D eigenvalue weighted by atomic mass is 16.6. The summed E-state index contributed by atoms with van der Waals surface area (Å²) >= 11 is 0. The third-order valence-electron chi connectivity index (χ3n) is 5.84. The van der Waals surface area contributed by atoms with Crippen LogP contribution < -0.4 is 0 Å². The van der Waals surface area contributed by atoms with Crippen LogP contribution in [0.1, 0.15) is 79.6 Å². The number of hydrogen-bond donors (Lipinski definition) is 1. The van der Waals surface area contributed by atoms with E-state index in [1.54, 1.807) is 0 Å². The molecule has 0 aromatic rings. The van der Waals surface area contributed by atoms with Crippen LogP contribution in [0.5, 0.6) is 0 Å². The molecule has 1 N–H and O–H groups in total. The van der Waals surface area contributed by atoms with Gasteiger partial charge in [-0.3, -0.25) is 0 Å². The first-order chi connectivity index (χ1) is 10.5. The fourth-order valence-corrected chi connectivity index (χ4v) is 5.49. The van der Waals surface area contributed by atoms with Crippen LogP contribution in [0, 0.1) is 17.3 Å². The average molecular weight is 320 g/mol. The Kier molecular flexibility index (Phi) is 3.95. The summed E-state index contributed by atoms with van der Waals surface area (Å²) in [6, 6.07) is 0. The monoisotopic (exact) mass is 320 g/mol. The van der Waals surface area contributed by atoms with E-state index in [4.69, 9.17) is 4.74 Å². The zero-order valence-electron chi connectivity index (χ0n) is 15.4. The highest BCUT2D eigenvalue weighted by Crippen LogP contribution is 2.59. The summed E-state index contributed by atoms with van der Waals surface area (Å²) in [5, 5.41) is 10.8. The molecule has 0 amide bonds. The van der Waals surface area contributed by atoms with Crippen LogP contribution in [-0.4, -0.2) is 22.3 Å². The van der Waals surface area contributed by atoms with Crippen molar-refractivity contribution in [1.29, 1.82) is 0 Å². The van der Waals surface area contributed by atoms with E-state index in [0.29, 0.717) is 18.3 Å². The van der Waals surface area contributed by atoms with Crippen molar-refractivity contribution in [2.24, 2.45) is 17.3 Å². The molecule has 4 aliphatic carbocycles. The first-order valence-electron chi connectivity index (χ1n) is 9.11. The Morgan fingerprint density at radius 1 is 1.13 bits per heavy atom. The van der Waals surface area contributed by atoms with Crippen LogP contribution >= 0.6 is 0 Å². The lowest BCUT2D eigenvalue weighted by atomic mass is 9.52. The first-order valence-corrected chi connectivity index (χ1v) is 9.11. The second kappa shape index (κ2) is 5.34. The van der Waals surface area contributed by atoms with Gasteiger partial charge in [-0.05, 0) is 69.6 Å². The van der Waals surface area contributed by atoms with Gasteiger partial charge in [0.05, 0.1) is 5.60 Å². The Morgan fingerprint density at radius 3 is 2.13 bits per heavy atom. The predicted octanol–water partition coefficient (Wildman–Crippen LogP) is 4.39. The van der Waals surface area contributed by atoms with Crippen molar-refractivity contribution in [3.63, 3.8) is 0 Å². The summed E-state index contributed by atoms with van der Waals surface area (Å²) in [5.74, 6) is 0.920. The van der Waals surface area contributed by atoms with Gasteiger partial charge in [-0.25, -0.2) is 4.79 Å². The molecule has 3 heteroatoms. The van der Waals surface area contributed by atoms with Crippen molar-refractivity contribution in [3.8, 4) is 0 Å². The summed E-state index contributed by atoms with van der Waals surface area (Å²) in [6.07, 6.45) is 6.29. The molecule has 0 radical (unpaired) electrons. The highest BCUT2D eigenvalue weighted by molar-refractivity contribution is 5.89. The number of aliphatic hydroxyl groups is 1. The van der Waals surface area contributed by atoms with Crippen molar-refractivity contribution < 1.29 is 14.6 Å². The molecule has 0 aromatic heterocycles. The van der Waals surface area contributed by atoms with Gasteiger partial charge in [0, 0.05) is 12.0 Å². The molecule has 4 aliphatic rings. The van der Waals surface area contributed by atoms with E-state index in [0.717, 1.165) is 43.3 Å². The molecule has 0 saturated heterocycles. The molecule has 3 nitrogen and oxygen atoms in total. The van der Waals surface area contributed by atoms with Gasteiger partial charge < -0.3 is 9.84 Å². The summed E-state index contributed by atoms with van der Waals surface area (Å²) in [7, 11) is 0. The number of rotatable bonds is 3. The van der Waals surface area contributed by atoms with Gasteiger partial charge in [0.25, 0.3) is 0 Å². The number of hydrogen-bond acceptors (Lipinski definition) is 3. The Labute approximate surface area is 140 Å². The number of carbonyl (C=O) groups excluding carboxylic acids is 1. The van der Waals surface area contributed by atoms with Crippen molar-refractivity contribution in [2.45, 2.75) is 90.8 Å². The molecule has 0 aromatic carbocycles. The maximum absolute atomic E-state index is 12.9. The van der Waals surface area contributed by atoms with E-state index >= 15 is 0 Å². The average Bonchev–Trinajstić information content (AvgIpc) is 2.30. The molecule has 0 spiro atoms. The van der Waals surface area contributed by atoms with Gasteiger partial charge in [0.2, 0.25) is 0 Å². The van der Waals surface area contributed by atoms with Crippen LogP contribution in [0.4, 0.5) is 0 Å². The minimum Gasteiger partial charge on any atom is -0.456 e. The third-order valence-corrected chi connectivity index (χ3v) is 5.84. The molecule has 2 unspecified atom stereocenters. The third kappa shape index (κ3) is 3.50. The molecule has 23 heavy (non-hydrogen) atoms. The van der Waals surface area contributed by atoms with E-state index in [1.165, 1.54) is 6.42 Å². The Morgan fingerprint density at radius 2 is 1.70 bits per heavy atom. The Bertz CT molecular complexity index is 520. The van der Waals surface area contributed by atoms with Crippen molar-refractivity contribution >= 4 is 5.97 Å². The maximum atomic E-state index is 12.9. The smallest absolute Gasteiger partial charge is 0.334 e. The van der Waals surface area contributed by atoms with Gasteiger partial charge in [-0.1, -0.05) is 26.3 Å². The minimum atomic E-state index is -0.584. The molecular formula is C20H32O3. The summed E-state index contributed by atoms with van der Waals surface area (Å²) < 4.78 is 6.13. The van der Waals surface area contributed by atoms with Crippen LogP contribution in [-0.2, 0) is 9.53 Å². The van der Waals surface area contributed by atoms with Gasteiger partial charge in [-0.15, -0.1) is 0 Å². The fourth-order valence-electron chi connectivity index (χ4n) is 5.49. The summed E-state index contributed by atoms with van der Waals surface area (Å²) in [6.45, 7) is 10.4. The molecule has 0 aliphatic heterocycles. The molecule has 0 heterocycles. The predicted molar refractivity (Wildman–Crippen MR) is 90.9 cm³/mol. The molecule has 4 saturated carbocycles. The van der Waals surface area contributed by atoms with E-state index in [1.807, 2.05) is 13.8 Å². The van der Waals surface area contributed by atoms with E-state index in [-0.39, 0.29) is 11.4 Å². The molecule has 2 atom stereocenters. The molecule has 4 rings (SSSR count). The number of ether oxygens (including phenoxy) is 1. The standard InChI is InChI=1S/C20H32O3/c1-13(2)16(11-18(3,4)5)17(21)23-20-9-14-6-15(10-20)8-19(22,7-14)12-20/h14-15,22H,6-12H2,1-5H3. The lowest BCUT2D eigenvalue weighted by Gasteiger charge is -2.59. The molecule has 4 bridgehead atoms. The Balaban J connectivity index is 1.78. The second-order valence-electron chi connectivity index (χ2n) is 9.97. The number of carbonyl (C=O) groups is 1. The quantitative estimate of drug-likeness (QED) is 0.620. The zero-order valence-corrected chi connectivity index (χ0v) is 15.4. The van der Waals surface area contributed by atoms with E-state index in [9.17, 15) is 9.90 Å². The van der Waals surface area contributed by atoms with Gasteiger partial charge in [0.15, 0.2) is 0 Å². The van der Waals surface area contributed by atoms with Crippen LogP contribution in [0.25, 0.3) is 0 Å². The van der Waals surface area contributed by atoms with Crippen molar-refractivity contribution in [2.75, 3.05) is 0 Å². The minimum absolute atomic E-state index is 0.0608. The molecular weight excluding hydrogens is 288 g/mol. The summed E-state index contributed by atoms with van der Waals surface area (Å²) in [4.78, 5) is 12.9. The van der Waals surface area contributed by atoms with Crippen LogP contribution in [0.2, 0.25) is 0 Å². The topological polar surface area (TPSA) is 46.5 Å². The second-order valence-corrected chi connectivity index (χ2v) is 9.97. The van der Waals surface area contributed by atoms with Crippen molar-refractivity contribution in [3.05, 3.63) is 11.1 Å². The maximum Gasteiger partial charge on any atom is 0.334 e. The highest BCUT2D eigenvalue weighted by Gasteiger charge is 2.59. The number of esters is 1. The van der Waals surface area contributed by atoms with Crippen LogP contribution in [0.3, 0.4) is 0 Å². The normalized spacial score (nSPS) is 38.5. The lowest BCUT2D eigenvalue weighted by molar-refractivity contribution is -0.217. The van der Waals surface area contributed by atoms with E-state index < -0.39 is 11.2 Å². The van der Waals surface area contributed by atoms with E-state index in [2.05, 4.69) is 20.8 Å². The lowest BCUT2D eigenvalue weighted by Crippen LogP contribution is -2.60. The first kappa shape index (κ1) is 17.0. The van der Waals surface area contributed by atoms with Gasteiger partial charge in [0.1, 0.15) is 5.60 Å². The molecule has 4 fully saturated rings. The SMILES string of the molecule is CC(C)=C(CC(C)(C)C)C(=O)OC12CC3CC(CC(O)(C3)C1)C2. The zero-order chi connectivity index (χ0) is 17.0. The van der Waals surface area contributed by atoms with Gasteiger partial charge >= 0.3 is 5.97 Å². The number of allylic oxidation sites excluding steroid dienone is 1. The summed E-state index contributed by atoms with van der Waals surface area (Å²) in [5.41, 5.74) is 0.938. The van der Waals surface area contributed by atoms with Gasteiger partial charge in [-0.2, -0.15) is 0 Å². The van der Waals surface area contributed by atoms with Crippen LogP contribution in [0.15, 0.2) is 11.1 Å². The Hall–Kier alpha value is -0.830. The largest absolute Gasteiger partial charge is 0.456 e. The fraction of sp³-hybridized carbons (Fsp3) is 0.850. The molecule has 130 valence electrons. The van der Waals surface area contributed by atoms with Crippen molar-refractivity contribution in [1.82, 2.24) is 0 Å².